The van der Waals surface area contributed by atoms with Crippen LogP contribution in [0.2, 0.25) is 0 Å². The summed E-state index contributed by atoms with van der Waals surface area (Å²) in [5.74, 6) is 0. The summed E-state index contributed by atoms with van der Waals surface area (Å²) in [5, 5.41) is 2.74. The van der Waals surface area contributed by atoms with Crippen LogP contribution in [0.3, 0.4) is 0 Å². The molecule has 6 heteroatoms. The van der Waals surface area contributed by atoms with E-state index in [0.29, 0.717) is 6.54 Å². The highest BCUT2D eigenvalue weighted by Crippen LogP contribution is 2.13. The summed E-state index contributed by atoms with van der Waals surface area (Å²) in [6, 6.07) is -0.197. The van der Waals surface area contributed by atoms with Crippen LogP contribution in [0.25, 0.3) is 0 Å². The van der Waals surface area contributed by atoms with Crippen molar-refractivity contribution in [3.8, 4) is 0 Å². The van der Waals surface area contributed by atoms with E-state index in [1.165, 1.54) is 16.2 Å². The molecule has 2 rings (SSSR count). The highest BCUT2D eigenvalue weighted by molar-refractivity contribution is 7.09. The van der Waals surface area contributed by atoms with Crippen molar-refractivity contribution in [2.45, 2.75) is 19.6 Å². The number of rotatable bonds is 2. The maximum absolute atomic E-state index is 12.5. The highest BCUT2D eigenvalue weighted by Gasteiger charge is 2.30. The Hall–Kier alpha value is -1.17. The average molecular weight is 229 g/mol. The molecule has 1 aliphatic rings. The second kappa shape index (κ2) is 4.14. The molecule has 0 aliphatic carbocycles. The minimum Gasteiger partial charge on any atom is -0.333 e. The molecule has 0 aromatic carbocycles. The van der Waals surface area contributed by atoms with Crippen molar-refractivity contribution in [2.75, 3.05) is 13.1 Å². The van der Waals surface area contributed by atoms with Crippen molar-refractivity contribution in [3.63, 3.8) is 0 Å². The number of aromatic nitrogens is 1. The van der Waals surface area contributed by atoms with E-state index in [2.05, 4.69) is 10.3 Å². The summed E-state index contributed by atoms with van der Waals surface area (Å²) in [6.07, 6.45) is -0.846. The molecule has 0 radical (unpaired) electrons. The number of hydrogen-bond donors (Lipinski definition) is 1. The van der Waals surface area contributed by atoms with Gasteiger partial charge in [0.2, 0.25) is 0 Å². The van der Waals surface area contributed by atoms with Gasteiger partial charge in [0.25, 0.3) is 0 Å². The average Bonchev–Trinajstić information content (AvgIpc) is 2.55. The van der Waals surface area contributed by atoms with E-state index < -0.39 is 6.17 Å². The van der Waals surface area contributed by atoms with E-state index in [1.54, 1.807) is 5.51 Å². The van der Waals surface area contributed by atoms with Crippen LogP contribution in [0.4, 0.5) is 9.18 Å². The fraction of sp³-hybridized carbons (Fsp3) is 0.556. The van der Waals surface area contributed by atoms with Gasteiger partial charge in [-0.05, 0) is 6.92 Å². The molecule has 0 atom stereocenters. The number of carbonyl (C=O) groups excluding carboxylic acids is 1. The summed E-state index contributed by atoms with van der Waals surface area (Å²) in [7, 11) is 0. The lowest BCUT2D eigenvalue weighted by molar-refractivity contribution is 0.0897. The Kier molecular flexibility index (Phi) is 2.86. The topological polar surface area (TPSA) is 45.2 Å². The van der Waals surface area contributed by atoms with Gasteiger partial charge in [-0.25, -0.2) is 14.2 Å². The zero-order valence-corrected chi connectivity index (χ0v) is 9.18. The van der Waals surface area contributed by atoms with Gasteiger partial charge in [-0.2, -0.15) is 0 Å². The molecule has 15 heavy (non-hydrogen) atoms. The van der Waals surface area contributed by atoms with Crippen LogP contribution in [0.1, 0.15) is 10.6 Å². The van der Waals surface area contributed by atoms with Crippen LogP contribution in [-0.2, 0) is 6.54 Å². The van der Waals surface area contributed by atoms with Crippen molar-refractivity contribution in [2.24, 2.45) is 0 Å². The first-order valence-electron chi connectivity index (χ1n) is 4.72. The number of nitrogens with zero attached hydrogens (tertiary/aromatic N) is 2. The number of hydrogen-bond acceptors (Lipinski definition) is 3. The third-order valence-corrected chi connectivity index (χ3v) is 3.30. The molecule has 1 aromatic rings. The minimum atomic E-state index is -0.846. The van der Waals surface area contributed by atoms with E-state index in [1.807, 2.05) is 6.92 Å². The van der Waals surface area contributed by atoms with Crippen molar-refractivity contribution < 1.29 is 9.18 Å². The summed E-state index contributed by atoms with van der Waals surface area (Å²) in [4.78, 5) is 18.0. The molecule has 1 fully saturated rings. The highest BCUT2D eigenvalue weighted by atomic mass is 32.1. The first kappa shape index (κ1) is 10.4. The monoisotopic (exact) mass is 229 g/mol. The fourth-order valence-electron chi connectivity index (χ4n) is 1.35. The molecule has 0 unspecified atom stereocenters. The second-order valence-electron chi connectivity index (χ2n) is 3.52. The normalized spacial score (nSPS) is 16.3. The molecule has 1 N–H and O–H groups in total. The van der Waals surface area contributed by atoms with Crippen molar-refractivity contribution in [1.82, 2.24) is 15.2 Å². The molecule has 82 valence electrons. The summed E-state index contributed by atoms with van der Waals surface area (Å²) < 4.78 is 12.5. The zero-order chi connectivity index (χ0) is 10.8. The van der Waals surface area contributed by atoms with Gasteiger partial charge in [0, 0.05) is 4.88 Å². The predicted molar refractivity (Wildman–Crippen MR) is 55.6 cm³/mol. The second-order valence-corrected chi connectivity index (χ2v) is 4.46. The molecule has 0 spiro atoms. The lowest BCUT2D eigenvalue weighted by Gasteiger charge is -2.34. The number of urea groups is 1. The van der Waals surface area contributed by atoms with Crippen molar-refractivity contribution in [3.05, 3.63) is 16.1 Å². The Bertz CT molecular complexity index is 362. The molecule has 2 heterocycles. The van der Waals surface area contributed by atoms with Crippen molar-refractivity contribution in [1.29, 1.82) is 0 Å². The van der Waals surface area contributed by atoms with Crippen molar-refractivity contribution >= 4 is 17.4 Å². The Morgan fingerprint density at radius 1 is 1.80 bits per heavy atom. The first-order valence-corrected chi connectivity index (χ1v) is 5.60. The molecule has 1 aliphatic heterocycles. The van der Waals surface area contributed by atoms with Gasteiger partial charge >= 0.3 is 6.03 Å². The van der Waals surface area contributed by atoms with Gasteiger partial charge in [-0.3, -0.25) is 0 Å². The third-order valence-electron chi connectivity index (χ3n) is 2.37. The number of amides is 2. The molecule has 2 amide bonds. The lowest BCUT2D eigenvalue weighted by atomic mass is 10.2. The third kappa shape index (κ3) is 2.26. The SMILES string of the molecule is Cc1ncsc1CNC(=O)N1CC(F)C1. The molecule has 4 nitrogen and oxygen atoms in total. The van der Waals surface area contributed by atoms with E-state index >= 15 is 0 Å². The molecule has 0 bridgehead atoms. The Labute approximate surface area is 91.1 Å². The summed E-state index contributed by atoms with van der Waals surface area (Å²) in [6.45, 7) is 2.81. The van der Waals surface area contributed by atoms with Crippen LogP contribution < -0.4 is 5.32 Å². The molecular weight excluding hydrogens is 217 g/mol. The number of nitrogens with one attached hydrogen (secondary N) is 1. The van der Waals surface area contributed by atoms with Gasteiger partial charge in [0.1, 0.15) is 6.17 Å². The smallest absolute Gasteiger partial charge is 0.317 e. The van der Waals surface area contributed by atoms with Crippen LogP contribution in [0, 0.1) is 6.92 Å². The number of halogens is 1. The number of aryl methyl sites for hydroxylation is 1. The molecule has 1 aromatic heterocycles. The van der Waals surface area contributed by atoms with E-state index in [4.69, 9.17) is 0 Å². The maximum atomic E-state index is 12.5. The maximum Gasteiger partial charge on any atom is 0.317 e. The van der Waals surface area contributed by atoms with E-state index in [0.717, 1.165) is 10.6 Å². The standard InChI is InChI=1S/C9H12FN3OS/c1-6-8(15-5-12-6)2-11-9(14)13-3-7(10)4-13/h5,7H,2-4H2,1H3,(H,11,14). The Morgan fingerprint density at radius 2 is 2.53 bits per heavy atom. The summed E-state index contributed by atoms with van der Waals surface area (Å²) >= 11 is 1.51. The van der Waals surface area contributed by atoms with Crippen LogP contribution in [0.15, 0.2) is 5.51 Å². The van der Waals surface area contributed by atoms with Crippen LogP contribution >= 0.6 is 11.3 Å². The quantitative estimate of drug-likeness (QED) is 0.831. The van der Waals surface area contributed by atoms with Gasteiger partial charge in [-0.1, -0.05) is 0 Å². The minimum absolute atomic E-state index is 0.197. The number of thiazole rings is 1. The van der Waals surface area contributed by atoms with E-state index in [9.17, 15) is 9.18 Å². The fourth-order valence-corrected chi connectivity index (χ4v) is 2.07. The van der Waals surface area contributed by atoms with E-state index in [-0.39, 0.29) is 19.1 Å². The zero-order valence-electron chi connectivity index (χ0n) is 8.36. The number of carbonyl (C=O) groups is 1. The van der Waals surface area contributed by atoms with Crippen LogP contribution in [0.5, 0.6) is 0 Å². The lowest BCUT2D eigenvalue weighted by Crippen LogP contribution is -2.54. The van der Waals surface area contributed by atoms with Gasteiger partial charge in [0.15, 0.2) is 0 Å². The molecular formula is C9H12FN3OS. The Balaban J connectivity index is 1.79. The largest absolute Gasteiger partial charge is 0.333 e. The number of alkyl halides is 1. The molecule has 1 saturated heterocycles. The van der Waals surface area contributed by atoms with Gasteiger partial charge < -0.3 is 10.2 Å². The predicted octanol–water partition coefficient (Wildman–Crippen LogP) is 1.31. The Morgan fingerprint density at radius 3 is 3.07 bits per heavy atom. The van der Waals surface area contributed by atoms with Gasteiger partial charge in [0.05, 0.1) is 30.8 Å². The summed E-state index contributed by atoms with van der Waals surface area (Å²) in [5.41, 5.74) is 2.69. The molecule has 0 saturated carbocycles. The number of likely N-dealkylation sites (tertiary alicyclic amines) is 1. The first-order chi connectivity index (χ1) is 7.16. The van der Waals surface area contributed by atoms with Crippen LogP contribution in [-0.4, -0.2) is 35.2 Å². The van der Waals surface area contributed by atoms with Gasteiger partial charge in [-0.15, -0.1) is 11.3 Å².